The predicted octanol–water partition coefficient (Wildman–Crippen LogP) is 2.27. The van der Waals surface area contributed by atoms with Crippen LogP contribution in [0.1, 0.15) is 30.8 Å². The minimum Gasteiger partial charge on any atom is -0.481 e. The van der Waals surface area contributed by atoms with Crippen LogP contribution in [0.2, 0.25) is 0 Å². The average molecular weight is 215 g/mol. The minimum absolute atomic E-state index is 0.0916. The maximum atomic E-state index is 13.2. The van der Waals surface area contributed by atoms with Crippen LogP contribution in [0.5, 0.6) is 0 Å². The number of carbonyl (C=O) groups is 1. The van der Waals surface area contributed by atoms with Gasteiger partial charge in [0.05, 0.1) is 0 Å². The zero-order valence-corrected chi connectivity index (χ0v) is 8.20. The van der Waals surface area contributed by atoms with E-state index in [4.69, 9.17) is 5.11 Å². The van der Waals surface area contributed by atoms with E-state index in [-0.39, 0.29) is 18.5 Å². The number of pyridine rings is 1. The van der Waals surface area contributed by atoms with E-state index < -0.39 is 18.0 Å². The lowest BCUT2D eigenvalue weighted by atomic mass is 10.1. The zero-order chi connectivity index (χ0) is 11.4. The highest BCUT2D eigenvalue weighted by molar-refractivity contribution is 5.67. The summed E-state index contributed by atoms with van der Waals surface area (Å²) in [4.78, 5) is 13.9. The van der Waals surface area contributed by atoms with Crippen LogP contribution in [0.4, 0.5) is 8.78 Å². The lowest BCUT2D eigenvalue weighted by molar-refractivity contribution is -0.136. The number of carboxylic acids is 1. The molecule has 1 heterocycles. The van der Waals surface area contributed by atoms with Gasteiger partial charge < -0.3 is 5.11 Å². The van der Waals surface area contributed by atoms with Gasteiger partial charge in [0, 0.05) is 12.6 Å². The van der Waals surface area contributed by atoms with Crippen LogP contribution >= 0.6 is 0 Å². The normalized spacial score (nSPS) is 12.5. The summed E-state index contributed by atoms with van der Waals surface area (Å²) >= 11 is 0. The molecule has 0 amide bonds. The van der Waals surface area contributed by atoms with Gasteiger partial charge in [-0.3, -0.25) is 9.78 Å². The maximum absolute atomic E-state index is 13.2. The van der Waals surface area contributed by atoms with Crippen molar-refractivity contribution < 1.29 is 18.7 Å². The number of alkyl halides is 1. The van der Waals surface area contributed by atoms with Gasteiger partial charge in [0.25, 0.3) is 0 Å². The summed E-state index contributed by atoms with van der Waals surface area (Å²) in [5, 5.41) is 8.41. The highest BCUT2D eigenvalue weighted by Gasteiger charge is 2.12. The second-order valence-corrected chi connectivity index (χ2v) is 3.22. The molecule has 1 N–H and O–H groups in total. The van der Waals surface area contributed by atoms with Gasteiger partial charge in [-0.25, -0.2) is 8.78 Å². The van der Waals surface area contributed by atoms with E-state index in [2.05, 4.69) is 4.98 Å². The van der Waals surface area contributed by atoms with Gasteiger partial charge in [-0.1, -0.05) is 0 Å². The number of aryl methyl sites for hydroxylation is 1. The fourth-order valence-electron chi connectivity index (χ4n) is 1.17. The van der Waals surface area contributed by atoms with Crippen molar-refractivity contribution in [2.45, 2.75) is 25.9 Å². The molecule has 0 radical (unpaired) electrons. The van der Waals surface area contributed by atoms with E-state index in [9.17, 15) is 13.6 Å². The van der Waals surface area contributed by atoms with Gasteiger partial charge in [-0.05, 0) is 25.0 Å². The van der Waals surface area contributed by atoms with Crippen LogP contribution in [0.25, 0.3) is 0 Å². The molecule has 1 aromatic rings. The molecule has 0 saturated carbocycles. The lowest BCUT2D eigenvalue weighted by Crippen LogP contribution is -2.01. The molecule has 15 heavy (non-hydrogen) atoms. The van der Waals surface area contributed by atoms with Crippen molar-refractivity contribution in [2.75, 3.05) is 0 Å². The van der Waals surface area contributed by atoms with Gasteiger partial charge in [0.2, 0.25) is 0 Å². The molecule has 0 spiro atoms. The molecule has 1 atom stereocenters. The van der Waals surface area contributed by atoms with E-state index in [0.717, 1.165) is 6.07 Å². The highest BCUT2D eigenvalue weighted by Crippen LogP contribution is 2.18. The third-order valence-electron chi connectivity index (χ3n) is 1.93. The van der Waals surface area contributed by atoms with Crippen LogP contribution in [0.15, 0.2) is 12.3 Å². The van der Waals surface area contributed by atoms with Gasteiger partial charge in [-0.15, -0.1) is 0 Å². The Morgan fingerprint density at radius 2 is 2.33 bits per heavy atom. The van der Waals surface area contributed by atoms with Crippen molar-refractivity contribution in [2.24, 2.45) is 0 Å². The number of rotatable bonds is 4. The molecule has 0 saturated heterocycles. The standard InChI is InChI=1S/C10H11F2NO2/c1-6(11)10-8(12)4-7(5-13-10)2-3-9(14)15/h4-6H,2-3H2,1H3,(H,14,15). The summed E-state index contributed by atoms with van der Waals surface area (Å²) in [7, 11) is 0. The molecule has 1 rings (SSSR count). The molecule has 0 aliphatic rings. The second-order valence-electron chi connectivity index (χ2n) is 3.22. The Kier molecular flexibility index (Phi) is 3.71. The smallest absolute Gasteiger partial charge is 0.303 e. The highest BCUT2D eigenvalue weighted by atomic mass is 19.1. The van der Waals surface area contributed by atoms with Gasteiger partial charge in [0.1, 0.15) is 17.7 Å². The van der Waals surface area contributed by atoms with Gasteiger partial charge in [0.15, 0.2) is 0 Å². The summed E-state index contributed by atoms with van der Waals surface area (Å²) in [5.74, 6) is -1.69. The summed E-state index contributed by atoms with van der Waals surface area (Å²) in [6.07, 6.45) is -0.0537. The minimum atomic E-state index is -1.46. The van der Waals surface area contributed by atoms with Crippen molar-refractivity contribution >= 4 is 5.97 Å². The zero-order valence-electron chi connectivity index (χ0n) is 8.20. The number of hydrogen-bond acceptors (Lipinski definition) is 2. The van der Waals surface area contributed by atoms with Crippen molar-refractivity contribution in [3.63, 3.8) is 0 Å². The molecular weight excluding hydrogens is 204 g/mol. The SMILES string of the molecule is CC(F)c1ncc(CCC(=O)O)cc1F. The van der Waals surface area contributed by atoms with Gasteiger partial charge in [-0.2, -0.15) is 0 Å². The fraction of sp³-hybridized carbons (Fsp3) is 0.400. The van der Waals surface area contributed by atoms with E-state index in [1.165, 1.54) is 13.1 Å². The first-order valence-electron chi connectivity index (χ1n) is 4.51. The Labute approximate surface area is 85.8 Å². The summed E-state index contributed by atoms with van der Waals surface area (Å²) < 4.78 is 25.9. The molecular formula is C10H11F2NO2. The quantitative estimate of drug-likeness (QED) is 0.838. The fourth-order valence-corrected chi connectivity index (χ4v) is 1.17. The molecule has 0 aliphatic carbocycles. The number of aromatic nitrogens is 1. The molecule has 0 fully saturated rings. The first-order valence-corrected chi connectivity index (χ1v) is 4.51. The summed E-state index contributed by atoms with van der Waals surface area (Å²) in [5.41, 5.74) is 0.216. The van der Waals surface area contributed by atoms with Crippen LogP contribution in [0.3, 0.4) is 0 Å². The molecule has 3 nitrogen and oxygen atoms in total. The lowest BCUT2D eigenvalue weighted by Gasteiger charge is -2.04. The van der Waals surface area contributed by atoms with Crippen molar-refractivity contribution in [1.82, 2.24) is 4.98 Å². The van der Waals surface area contributed by atoms with Crippen molar-refractivity contribution in [1.29, 1.82) is 0 Å². The first-order chi connectivity index (χ1) is 7.00. The van der Waals surface area contributed by atoms with Gasteiger partial charge >= 0.3 is 5.97 Å². The van der Waals surface area contributed by atoms with E-state index >= 15 is 0 Å². The molecule has 0 bridgehead atoms. The van der Waals surface area contributed by atoms with Crippen LogP contribution in [0, 0.1) is 5.82 Å². The predicted molar refractivity (Wildman–Crippen MR) is 49.7 cm³/mol. The Balaban J connectivity index is 2.77. The Morgan fingerprint density at radius 1 is 1.67 bits per heavy atom. The van der Waals surface area contributed by atoms with Crippen LogP contribution in [-0.4, -0.2) is 16.1 Å². The number of nitrogens with zero attached hydrogens (tertiary/aromatic N) is 1. The monoisotopic (exact) mass is 215 g/mol. The summed E-state index contributed by atoms with van der Waals surface area (Å²) in [6.45, 7) is 1.20. The molecule has 1 unspecified atom stereocenters. The third kappa shape index (κ3) is 3.27. The topological polar surface area (TPSA) is 50.2 Å². The Morgan fingerprint density at radius 3 is 2.80 bits per heavy atom. The molecule has 5 heteroatoms. The number of hydrogen-bond donors (Lipinski definition) is 1. The Bertz CT molecular complexity index is 366. The van der Waals surface area contributed by atoms with Crippen molar-refractivity contribution in [3.8, 4) is 0 Å². The molecule has 82 valence electrons. The van der Waals surface area contributed by atoms with E-state index in [0.29, 0.717) is 5.56 Å². The van der Waals surface area contributed by atoms with Crippen molar-refractivity contribution in [3.05, 3.63) is 29.3 Å². The molecule has 1 aromatic heterocycles. The third-order valence-corrected chi connectivity index (χ3v) is 1.93. The molecule has 0 aromatic carbocycles. The second kappa shape index (κ2) is 4.82. The Hall–Kier alpha value is -1.52. The van der Waals surface area contributed by atoms with Crippen LogP contribution < -0.4 is 0 Å². The number of carboxylic acid groups (broad SMARTS) is 1. The maximum Gasteiger partial charge on any atom is 0.303 e. The van der Waals surface area contributed by atoms with E-state index in [1.54, 1.807) is 0 Å². The van der Waals surface area contributed by atoms with Crippen LogP contribution in [-0.2, 0) is 11.2 Å². The number of halogens is 2. The largest absolute Gasteiger partial charge is 0.481 e. The molecule has 0 aliphatic heterocycles. The van der Waals surface area contributed by atoms with E-state index in [1.807, 2.05) is 0 Å². The first kappa shape index (κ1) is 11.6. The summed E-state index contributed by atoms with van der Waals surface area (Å²) in [6, 6.07) is 1.13. The average Bonchev–Trinajstić information content (AvgIpc) is 2.14. The number of aliphatic carboxylic acids is 1.